The first-order chi connectivity index (χ1) is 13.8. The minimum atomic E-state index is -3.65. The molecule has 5 nitrogen and oxygen atoms in total. The van der Waals surface area contributed by atoms with Gasteiger partial charge in [0.05, 0.1) is 5.69 Å². The van der Waals surface area contributed by atoms with Crippen molar-refractivity contribution in [1.29, 1.82) is 0 Å². The quantitative estimate of drug-likeness (QED) is 0.598. The van der Waals surface area contributed by atoms with E-state index in [9.17, 15) is 12.8 Å². The van der Waals surface area contributed by atoms with E-state index in [1.165, 1.54) is 12.1 Å². The van der Waals surface area contributed by atoms with Crippen molar-refractivity contribution in [1.82, 2.24) is 9.97 Å². The Morgan fingerprint density at radius 3 is 2.48 bits per heavy atom. The second kappa shape index (κ2) is 7.08. The number of anilines is 2. The summed E-state index contributed by atoms with van der Waals surface area (Å²) in [6.45, 7) is 4.33. The number of hydrogen-bond acceptors (Lipinski definition) is 5. The lowest BCUT2D eigenvalue weighted by molar-refractivity contribution is 0.593. The molecule has 1 aromatic heterocycles. The maximum atomic E-state index is 13.6. The van der Waals surface area contributed by atoms with Crippen LogP contribution < -0.4 is 4.90 Å². The molecule has 0 radical (unpaired) electrons. The average molecular weight is 409 g/mol. The number of aromatic nitrogens is 2. The van der Waals surface area contributed by atoms with Crippen molar-refractivity contribution in [2.24, 2.45) is 0 Å². The van der Waals surface area contributed by atoms with Crippen LogP contribution in [0.15, 0.2) is 53.7 Å². The van der Waals surface area contributed by atoms with E-state index in [0.29, 0.717) is 34.7 Å². The molecule has 3 aromatic rings. The van der Waals surface area contributed by atoms with Crippen LogP contribution in [0.2, 0.25) is 0 Å². The van der Waals surface area contributed by atoms with Gasteiger partial charge in [-0.15, -0.1) is 0 Å². The monoisotopic (exact) mass is 409 g/mol. The van der Waals surface area contributed by atoms with E-state index >= 15 is 0 Å². The topological polar surface area (TPSA) is 63.2 Å². The molecule has 2 heterocycles. The Morgan fingerprint density at radius 1 is 1.03 bits per heavy atom. The highest BCUT2D eigenvalue weighted by atomic mass is 32.2. The van der Waals surface area contributed by atoms with Gasteiger partial charge in [0.15, 0.2) is 0 Å². The molecule has 2 aromatic carbocycles. The van der Waals surface area contributed by atoms with E-state index in [1.807, 2.05) is 48.2 Å². The predicted octanol–water partition coefficient (Wildman–Crippen LogP) is 4.47. The SMILES string of the molecule is Cc1cc(F)ccc1-c1nc(S(C)(=O)=O)nc2c1C=CCN2c1ccccc1C. The first-order valence-electron chi connectivity index (χ1n) is 9.14. The molecular weight excluding hydrogens is 389 g/mol. The fourth-order valence-electron chi connectivity index (χ4n) is 3.50. The first kappa shape index (κ1) is 19.3. The molecule has 0 bridgehead atoms. The van der Waals surface area contributed by atoms with E-state index in [1.54, 1.807) is 13.0 Å². The Kier molecular flexibility index (Phi) is 4.70. The number of hydrogen-bond donors (Lipinski definition) is 0. The second-order valence-electron chi connectivity index (χ2n) is 7.12. The second-order valence-corrected chi connectivity index (χ2v) is 9.03. The number of aryl methyl sites for hydroxylation is 2. The van der Waals surface area contributed by atoms with Crippen LogP contribution in [0.5, 0.6) is 0 Å². The average Bonchev–Trinajstić information content (AvgIpc) is 2.67. The highest BCUT2D eigenvalue weighted by molar-refractivity contribution is 7.90. The van der Waals surface area contributed by atoms with Crippen LogP contribution in [0.4, 0.5) is 15.9 Å². The fourth-order valence-corrected chi connectivity index (χ4v) is 4.01. The minimum absolute atomic E-state index is 0.246. The molecule has 0 fully saturated rings. The molecule has 1 aliphatic heterocycles. The van der Waals surface area contributed by atoms with Gasteiger partial charge in [-0.3, -0.25) is 0 Å². The van der Waals surface area contributed by atoms with Crippen LogP contribution in [-0.2, 0) is 9.84 Å². The summed E-state index contributed by atoms with van der Waals surface area (Å²) in [5, 5.41) is -0.246. The third kappa shape index (κ3) is 3.53. The molecule has 4 rings (SSSR count). The number of benzene rings is 2. The summed E-state index contributed by atoms with van der Waals surface area (Å²) in [4.78, 5) is 10.8. The van der Waals surface area contributed by atoms with Gasteiger partial charge < -0.3 is 4.90 Å². The molecule has 0 saturated heterocycles. The van der Waals surface area contributed by atoms with Gasteiger partial charge in [0, 0.05) is 29.6 Å². The molecule has 7 heteroatoms. The number of nitrogens with zero attached hydrogens (tertiary/aromatic N) is 3. The standard InChI is InChI=1S/C22H20FN3O2S/c1-14-7-4-5-9-19(14)26-12-6-8-18-20(17-11-10-16(23)13-15(17)2)24-22(25-21(18)26)29(3,27)28/h4-11,13H,12H2,1-3H3. The molecule has 1 aliphatic rings. The minimum Gasteiger partial charge on any atom is -0.322 e. The molecule has 0 spiro atoms. The lowest BCUT2D eigenvalue weighted by Gasteiger charge is -2.29. The maximum absolute atomic E-state index is 13.6. The van der Waals surface area contributed by atoms with E-state index in [2.05, 4.69) is 9.97 Å². The summed E-state index contributed by atoms with van der Waals surface area (Å²) < 4.78 is 38.3. The summed E-state index contributed by atoms with van der Waals surface area (Å²) in [7, 11) is -3.65. The van der Waals surface area contributed by atoms with Crippen LogP contribution in [0.3, 0.4) is 0 Å². The van der Waals surface area contributed by atoms with Crippen LogP contribution in [0.25, 0.3) is 17.3 Å². The van der Waals surface area contributed by atoms with Crippen molar-refractivity contribution in [3.63, 3.8) is 0 Å². The highest BCUT2D eigenvalue weighted by Gasteiger charge is 2.26. The Bertz CT molecular complexity index is 1250. The summed E-state index contributed by atoms with van der Waals surface area (Å²) in [5.41, 5.74) is 4.52. The van der Waals surface area contributed by atoms with Gasteiger partial charge in [-0.25, -0.2) is 17.8 Å². The molecule has 148 valence electrons. The van der Waals surface area contributed by atoms with Crippen molar-refractivity contribution in [2.75, 3.05) is 17.7 Å². The van der Waals surface area contributed by atoms with E-state index < -0.39 is 9.84 Å². The van der Waals surface area contributed by atoms with E-state index in [4.69, 9.17) is 0 Å². The number of para-hydroxylation sites is 1. The molecule has 0 saturated carbocycles. The van der Waals surface area contributed by atoms with Gasteiger partial charge in [0.25, 0.3) is 0 Å². The summed E-state index contributed by atoms with van der Waals surface area (Å²) in [5.74, 6) is 0.172. The normalized spacial score (nSPS) is 13.4. The van der Waals surface area contributed by atoms with Gasteiger partial charge in [0.1, 0.15) is 11.6 Å². The van der Waals surface area contributed by atoms with Crippen LogP contribution in [0, 0.1) is 19.7 Å². The Hall–Kier alpha value is -3.06. The van der Waals surface area contributed by atoms with Crippen LogP contribution in [0.1, 0.15) is 16.7 Å². The third-order valence-electron chi connectivity index (χ3n) is 4.91. The fraction of sp³-hybridized carbons (Fsp3) is 0.182. The lowest BCUT2D eigenvalue weighted by Crippen LogP contribution is -2.24. The van der Waals surface area contributed by atoms with Crippen molar-refractivity contribution >= 4 is 27.4 Å². The van der Waals surface area contributed by atoms with Gasteiger partial charge in [-0.2, -0.15) is 4.98 Å². The number of rotatable bonds is 3. The maximum Gasteiger partial charge on any atom is 0.249 e. The van der Waals surface area contributed by atoms with Gasteiger partial charge in [-0.1, -0.05) is 30.4 Å². The zero-order valence-corrected chi connectivity index (χ0v) is 17.2. The van der Waals surface area contributed by atoms with E-state index in [0.717, 1.165) is 17.5 Å². The number of halogens is 1. The molecule has 0 atom stereocenters. The molecular formula is C22H20FN3O2S. The summed E-state index contributed by atoms with van der Waals surface area (Å²) >= 11 is 0. The Labute approximate surface area is 169 Å². The molecule has 0 N–H and O–H groups in total. The van der Waals surface area contributed by atoms with E-state index in [-0.39, 0.29) is 11.0 Å². The van der Waals surface area contributed by atoms with Crippen LogP contribution in [-0.4, -0.2) is 31.2 Å². The lowest BCUT2D eigenvalue weighted by atomic mass is 9.99. The zero-order chi connectivity index (χ0) is 20.8. The van der Waals surface area contributed by atoms with Gasteiger partial charge in [-0.05, 0) is 49.2 Å². The smallest absolute Gasteiger partial charge is 0.249 e. The zero-order valence-electron chi connectivity index (χ0n) is 16.3. The summed E-state index contributed by atoms with van der Waals surface area (Å²) in [6.07, 6.45) is 4.97. The first-order valence-corrected chi connectivity index (χ1v) is 11.0. The third-order valence-corrected chi connectivity index (χ3v) is 5.76. The largest absolute Gasteiger partial charge is 0.322 e. The van der Waals surface area contributed by atoms with Crippen molar-refractivity contribution in [3.05, 3.63) is 71.0 Å². The summed E-state index contributed by atoms with van der Waals surface area (Å²) in [6, 6.07) is 12.2. The molecule has 0 unspecified atom stereocenters. The van der Waals surface area contributed by atoms with Crippen LogP contribution >= 0.6 is 0 Å². The Balaban J connectivity index is 2.03. The molecule has 0 amide bonds. The van der Waals surface area contributed by atoms with Gasteiger partial charge in [0.2, 0.25) is 15.0 Å². The molecule has 0 aliphatic carbocycles. The van der Waals surface area contributed by atoms with Crippen molar-refractivity contribution < 1.29 is 12.8 Å². The number of sulfone groups is 1. The number of fused-ring (bicyclic) bond motifs is 1. The van der Waals surface area contributed by atoms with Gasteiger partial charge >= 0.3 is 0 Å². The predicted molar refractivity (Wildman–Crippen MR) is 112 cm³/mol. The van der Waals surface area contributed by atoms with Crippen molar-refractivity contribution in [3.8, 4) is 11.3 Å². The highest BCUT2D eigenvalue weighted by Crippen LogP contribution is 2.38. The molecule has 29 heavy (non-hydrogen) atoms. The van der Waals surface area contributed by atoms with Crippen molar-refractivity contribution in [2.45, 2.75) is 19.0 Å². The Morgan fingerprint density at radius 2 is 1.79 bits per heavy atom.